The maximum absolute atomic E-state index is 13.5. The summed E-state index contributed by atoms with van der Waals surface area (Å²) < 4.78 is 10.9. The zero-order chi connectivity index (χ0) is 23.6. The monoisotopic (exact) mass is 467 g/mol. The number of carbonyl (C=O) groups is 2. The summed E-state index contributed by atoms with van der Waals surface area (Å²) >= 11 is 5.94. The molecule has 0 spiro atoms. The smallest absolute Gasteiger partial charge is 0.253 e. The summed E-state index contributed by atoms with van der Waals surface area (Å²) in [6.45, 7) is 4.85. The Balaban J connectivity index is 1.97. The summed E-state index contributed by atoms with van der Waals surface area (Å²) in [5.41, 5.74) is 1.48. The molecule has 0 aliphatic heterocycles. The molecule has 3 aromatic rings. The molecule has 0 saturated heterocycles. The normalized spacial score (nSPS) is 11.4. The van der Waals surface area contributed by atoms with E-state index in [1.54, 1.807) is 72.9 Å². The van der Waals surface area contributed by atoms with Crippen molar-refractivity contribution in [3.8, 4) is 11.5 Å². The van der Waals surface area contributed by atoms with Crippen molar-refractivity contribution < 1.29 is 19.1 Å². The standard InChI is InChI=1S/C25H26ClN3O4/c1-3-32-20-12-8-18(9-13-20)28-25(31)24(22-7-5-6-16-27-22)29(23(30)17-26)19-10-14-21(15-11-19)33-4-2/h5-16,24H,3-4,17H2,1-2H3,(H,28,31)/t24-/m0/s1. The average molecular weight is 468 g/mol. The van der Waals surface area contributed by atoms with E-state index in [0.29, 0.717) is 41.8 Å². The highest BCUT2D eigenvalue weighted by Crippen LogP contribution is 2.30. The fourth-order valence-electron chi connectivity index (χ4n) is 3.30. The molecule has 0 bridgehead atoms. The highest BCUT2D eigenvalue weighted by atomic mass is 35.5. The second-order valence-corrected chi connectivity index (χ2v) is 7.20. The Kier molecular flexibility index (Phi) is 8.66. The predicted octanol–water partition coefficient (Wildman–Crippen LogP) is 4.83. The molecule has 2 aromatic carbocycles. The Morgan fingerprint density at radius 2 is 1.55 bits per heavy atom. The number of hydrogen-bond acceptors (Lipinski definition) is 5. The number of nitrogens with zero attached hydrogens (tertiary/aromatic N) is 2. The lowest BCUT2D eigenvalue weighted by Crippen LogP contribution is -2.42. The second-order valence-electron chi connectivity index (χ2n) is 6.93. The van der Waals surface area contributed by atoms with Crippen molar-refractivity contribution in [2.24, 2.45) is 0 Å². The van der Waals surface area contributed by atoms with Crippen molar-refractivity contribution in [2.45, 2.75) is 19.9 Å². The molecule has 0 unspecified atom stereocenters. The first-order chi connectivity index (χ1) is 16.1. The number of nitrogens with one attached hydrogen (secondary N) is 1. The van der Waals surface area contributed by atoms with Crippen LogP contribution in [0.15, 0.2) is 72.9 Å². The van der Waals surface area contributed by atoms with Gasteiger partial charge < -0.3 is 14.8 Å². The first-order valence-electron chi connectivity index (χ1n) is 10.6. The van der Waals surface area contributed by atoms with Crippen LogP contribution >= 0.6 is 11.6 Å². The minimum atomic E-state index is -1.04. The Hall–Kier alpha value is -3.58. The molecule has 33 heavy (non-hydrogen) atoms. The van der Waals surface area contributed by atoms with Gasteiger partial charge in [0.05, 0.1) is 18.9 Å². The zero-order valence-corrected chi connectivity index (χ0v) is 19.3. The number of ether oxygens (including phenoxy) is 2. The first-order valence-corrected chi connectivity index (χ1v) is 11.2. The fourth-order valence-corrected chi connectivity index (χ4v) is 3.43. The number of aromatic nitrogens is 1. The van der Waals surface area contributed by atoms with E-state index < -0.39 is 17.9 Å². The van der Waals surface area contributed by atoms with Crippen LogP contribution in [0.3, 0.4) is 0 Å². The van der Waals surface area contributed by atoms with E-state index in [2.05, 4.69) is 10.3 Å². The van der Waals surface area contributed by atoms with Crippen LogP contribution in [0.2, 0.25) is 0 Å². The van der Waals surface area contributed by atoms with E-state index in [1.807, 2.05) is 13.8 Å². The molecule has 1 atom stereocenters. The molecule has 0 aliphatic carbocycles. The Bertz CT molecular complexity index is 1040. The number of rotatable bonds is 10. The van der Waals surface area contributed by atoms with Crippen LogP contribution in [0.5, 0.6) is 11.5 Å². The van der Waals surface area contributed by atoms with E-state index in [4.69, 9.17) is 21.1 Å². The van der Waals surface area contributed by atoms with Gasteiger partial charge in [0.25, 0.3) is 5.91 Å². The summed E-state index contributed by atoms with van der Waals surface area (Å²) in [5.74, 6) is 0.203. The molecule has 3 rings (SSSR count). The molecule has 7 nitrogen and oxygen atoms in total. The molecule has 0 radical (unpaired) electrons. The molecule has 1 N–H and O–H groups in total. The van der Waals surface area contributed by atoms with E-state index in [-0.39, 0.29) is 5.88 Å². The Morgan fingerprint density at radius 1 is 0.939 bits per heavy atom. The second kappa shape index (κ2) is 11.9. The van der Waals surface area contributed by atoms with Gasteiger partial charge in [-0.3, -0.25) is 19.5 Å². The quantitative estimate of drug-likeness (QED) is 0.432. The lowest BCUT2D eigenvalue weighted by molar-refractivity contribution is -0.122. The van der Waals surface area contributed by atoms with Gasteiger partial charge in [0.15, 0.2) is 6.04 Å². The van der Waals surface area contributed by atoms with Crippen LogP contribution in [-0.2, 0) is 9.59 Å². The number of pyridine rings is 1. The van der Waals surface area contributed by atoms with E-state index in [0.717, 1.165) is 0 Å². The molecule has 1 heterocycles. The van der Waals surface area contributed by atoms with Gasteiger partial charge in [-0.15, -0.1) is 11.6 Å². The summed E-state index contributed by atoms with van der Waals surface area (Å²) in [6.07, 6.45) is 1.58. The molecule has 172 valence electrons. The van der Waals surface area contributed by atoms with Gasteiger partial charge in [-0.05, 0) is 74.5 Å². The lowest BCUT2D eigenvalue weighted by atomic mass is 10.1. The van der Waals surface area contributed by atoms with Crippen molar-refractivity contribution in [2.75, 3.05) is 29.3 Å². The third-order valence-electron chi connectivity index (χ3n) is 4.72. The topological polar surface area (TPSA) is 80.8 Å². The van der Waals surface area contributed by atoms with Crippen LogP contribution in [0.25, 0.3) is 0 Å². The fraction of sp³-hybridized carbons (Fsp3) is 0.240. The van der Waals surface area contributed by atoms with Crippen LogP contribution < -0.4 is 19.7 Å². The number of halogens is 1. The molecule has 1 aromatic heterocycles. The number of alkyl halides is 1. The van der Waals surface area contributed by atoms with Crippen LogP contribution in [0, 0.1) is 0 Å². The third-order valence-corrected chi connectivity index (χ3v) is 4.94. The van der Waals surface area contributed by atoms with Gasteiger partial charge in [0.1, 0.15) is 17.4 Å². The third kappa shape index (κ3) is 6.23. The number of hydrogen-bond donors (Lipinski definition) is 1. The Morgan fingerprint density at radius 3 is 2.06 bits per heavy atom. The van der Waals surface area contributed by atoms with Crippen LogP contribution in [0.1, 0.15) is 25.6 Å². The summed E-state index contributed by atoms with van der Waals surface area (Å²) in [4.78, 5) is 32.1. The van der Waals surface area contributed by atoms with Gasteiger partial charge in [-0.2, -0.15) is 0 Å². The maximum Gasteiger partial charge on any atom is 0.253 e. The van der Waals surface area contributed by atoms with Crippen molar-refractivity contribution in [1.82, 2.24) is 4.98 Å². The van der Waals surface area contributed by atoms with E-state index in [1.165, 1.54) is 4.90 Å². The molecule has 2 amide bonds. The predicted molar refractivity (Wildman–Crippen MR) is 129 cm³/mol. The van der Waals surface area contributed by atoms with Gasteiger partial charge in [-0.1, -0.05) is 6.07 Å². The molecule has 8 heteroatoms. The average Bonchev–Trinajstić information content (AvgIpc) is 2.84. The minimum Gasteiger partial charge on any atom is -0.494 e. The molecular formula is C25H26ClN3O4. The molecule has 0 saturated carbocycles. The Labute approximate surface area is 198 Å². The van der Waals surface area contributed by atoms with Crippen LogP contribution in [0.4, 0.5) is 11.4 Å². The molecular weight excluding hydrogens is 442 g/mol. The summed E-state index contributed by atoms with van der Waals surface area (Å²) in [7, 11) is 0. The van der Waals surface area contributed by atoms with Crippen molar-refractivity contribution >= 4 is 34.8 Å². The number of amides is 2. The minimum absolute atomic E-state index is 0.299. The number of carbonyl (C=O) groups excluding carboxylic acids is 2. The van der Waals surface area contributed by atoms with Crippen LogP contribution in [-0.4, -0.2) is 35.9 Å². The highest BCUT2D eigenvalue weighted by molar-refractivity contribution is 6.30. The van der Waals surface area contributed by atoms with Gasteiger partial charge >= 0.3 is 0 Å². The van der Waals surface area contributed by atoms with Crippen molar-refractivity contribution in [1.29, 1.82) is 0 Å². The first kappa shape index (κ1) is 24.1. The highest BCUT2D eigenvalue weighted by Gasteiger charge is 2.33. The lowest BCUT2D eigenvalue weighted by Gasteiger charge is -2.30. The zero-order valence-electron chi connectivity index (χ0n) is 18.5. The number of benzene rings is 2. The molecule has 0 aliphatic rings. The maximum atomic E-state index is 13.5. The molecule has 0 fully saturated rings. The SMILES string of the molecule is CCOc1ccc(NC(=O)[C@H](c2ccccn2)N(C(=O)CCl)c2ccc(OCC)cc2)cc1. The summed E-state index contributed by atoms with van der Waals surface area (Å²) in [6, 6.07) is 18.1. The van der Waals surface area contributed by atoms with Crippen molar-refractivity contribution in [3.63, 3.8) is 0 Å². The van der Waals surface area contributed by atoms with Gasteiger partial charge in [0, 0.05) is 17.6 Å². The van der Waals surface area contributed by atoms with E-state index in [9.17, 15) is 9.59 Å². The van der Waals surface area contributed by atoms with Crippen molar-refractivity contribution in [3.05, 3.63) is 78.6 Å². The van der Waals surface area contributed by atoms with Gasteiger partial charge in [-0.25, -0.2) is 0 Å². The van der Waals surface area contributed by atoms with Gasteiger partial charge in [0.2, 0.25) is 5.91 Å². The largest absolute Gasteiger partial charge is 0.494 e. The summed E-state index contributed by atoms with van der Waals surface area (Å²) in [5, 5.41) is 2.87. The number of anilines is 2. The van der Waals surface area contributed by atoms with E-state index >= 15 is 0 Å².